The molecule has 0 saturated heterocycles. The van der Waals surface area contributed by atoms with Gasteiger partial charge in [0.15, 0.2) is 0 Å². The van der Waals surface area contributed by atoms with E-state index in [9.17, 15) is 5.11 Å². The molecule has 124 valence electrons. The van der Waals surface area contributed by atoms with Crippen molar-refractivity contribution in [1.29, 1.82) is 0 Å². The average molecular weight is 320 g/mol. The Labute approximate surface area is 143 Å². The number of aliphatic hydroxyl groups is 1. The van der Waals surface area contributed by atoms with Crippen LogP contribution in [-0.4, -0.2) is 41.5 Å². The zero-order chi connectivity index (χ0) is 16.4. The Hall–Kier alpha value is -1.97. The lowest BCUT2D eigenvalue weighted by Crippen LogP contribution is -2.37. The first-order valence-electron chi connectivity index (χ1n) is 8.88. The van der Waals surface area contributed by atoms with Crippen LogP contribution in [0.1, 0.15) is 28.7 Å². The van der Waals surface area contributed by atoms with Gasteiger partial charge in [0, 0.05) is 38.3 Å². The maximum Gasteiger partial charge on any atom is 0.0722 e. The van der Waals surface area contributed by atoms with Crippen molar-refractivity contribution >= 4 is 5.71 Å². The third-order valence-corrected chi connectivity index (χ3v) is 5.12. The van der Waals surface area contributed by atoms with Gasteiger partial charge in [-0.05, 0) is 35.1 Å². The number of aliphatic imine (C=N–C) groups is 1. The van der Waals surface area contributed by atoms with Crippen LogP contribution in [0, 0.1) is 0 Å². The van der Waals surface area contributed by atoms with Crippen LogP contribution in [0.5, 0.6) is 0 Å². The molecule has 0 aliphatic carbocycles. The molecule has 2 aliphatic rings. The summed E-state index contributed by atoms with van der Waals surface area (Å²) in [6, 6.07) is 17.1. The van der Waals surface area contributed by atoms with Crippen molar-refractivity contribution in [2.75, 3.05) is 19.6 Å². The molecular weight excluding hydrogens is 296 g/mol. The van der Waals surface area contributed by atoms with E-state index in [0.717, 1.165) is 44.7 Å². The zero-order valence-electron chi connectivity index (χ0n) is 14.0. The second-order valence-corrected chi connectivity index (χ2v) is 6.85. The number of benzene rings is 2. The Morgan fingerprint density at radius 3 is 2.58 bits per heavy atom. The molecule has 3 heteroatoms. The first-order chi connectivity index (χ1) is 11.8. The molecule has 2 aromatic rings. The summed E-state index contributed by atoms with van der Waals surface area (Å²) in [6.45, 7) is 3.53. The number of hydrogen-bond acceptors (Lipinski definition) is 3. The van der Waals surface area contributed by atoms with E-state index in [-0.39, 0.29) is 6.10 Å². The third kappa shape index (κ3) is 3.28. The highest BCUT2D eigenvalue weighted by atomic mass is 16.3. The van der Waals surface area contributed by atoms with Gasteiger partial charge in [-0.1, -0.05) is 48.5 Å². The lowest BCUT2D eigenvalue weighted by molar-refractivity contribution is 0.111. The largest absolute Gasteiger partial charge is 0.391 e. The normalized spacial score (nSPS) is 18.5. The first kappa shape index (κ1) is 15.6. The van der Waals surface area contributed by atoms with Crippen LogP contribution in [0.15, 0.2) is 53.5 Å². The topological polar surface area (TPSA) is 35.8 Å². The molecule has 0 radical (unpaired) electrons. The fourth-order valence-electron chi connectivity index (χ4n) is 3.89. The minimum absolute atomic E-state index is 0.361. The van der Waals surface area contributed by atoms with E-state index in [2.05, 4.69) is 58.4 Å². The van der Waals surface area contributed by atoms with Crippen molar-refractivity contribution in [3.63, 3.8) is 0 Å². The molecule has 0 fully saturated rings. The summed E-state index contributed by atoms with van der Waals surface area (Å²) in [7, 11) is 0. The molecule has 0 bridgehead atoms. The molecular formula is C21H24N2O. The smallest absolute Gasteiger partial charge is 0.0722 e. The van der Waals surface area contributed by atoms with Crippen LogP contribution in [0.3, 0.4) is 0 Å². The van der Waals surface area contributed by atoms with Gasteiger partial charge in [0.25, 0.3) is 0 Å². The number of aliphatic hydroxyl groups excluding tert-OH is 1. The predicted octanol–water partition coefficient (Wildman–Crippen LogP) is 2.84. The van der Waals surface area contributed by atoms with Crippen molar-refractivity contribution < 1.29 is 5.11 Å². The van der Waals surface area contributed by atoms with Gasteiger partial charge in [-0.25, -0.2) is 0 Å². The second kappa shape index (κ2) is 6.88. The maximum atomic E-state index is 10.6. The Kier molecular flexibility index (Phi) is 4.46. The molecule has 2 heterocycles. The third-order valence-electron chi connectivity index (χ3n) is 5.12. The van der Waals surface area contributed by atoms with Crippen LogP contribution in [0.2, 0.25) is 0 Å². The average Bonchev–Trinajstić information content (AvgIpc) is 2.62. The van der Waals surface area contributed by atoms with Gasteiger partial charge < -0.3 is 5.11 Å². The Morgan fingerprint density at radius 1 is 0.958 bits per heavy atom. The molecule has 4 rings (SSSR count). The molecule has 1 N–H and O–H groups in total. The van der Waals surface area contributed by atoms with Crippen LogP contribution in [0.4, 0.5) is 0 Å². The molecule has 3 nitrogen and oxygen atoms in total. The van der Waals surface area contributed by atoms with E-state index >= 15 is 0 Å². The minimum atomic E-state index is -0.361. The van der Waals surface area contributed by atoms with Gasteiger partial charge in [-0.2, -0.15) is 0 Å². The summed E-state index contributed by atoms with van der Waals surface area (Å²) in [5.41, 5.74) is 6.51. The number of β-amino-alcohol motifs (C(OH)–C–C–N with tert-alkyl or cyclic N) is 1. The maximum absolute atomic E-state index is 10.6. The summed E-state index contributed by atoms with van der Waals surface area (Å²) in [5, 5.41) is 10.6. The molecule has 2 aromatic carbocycles. The summed E-state index contributed by atoms with van der Waals surface area (Å²) in [5.74, 6) is 0. The zero-order valence-corrected chi connectivity index (χ0v) is 14.0. The number of rotatable bonds is 4. The van der Waals surface area contributed by atoms with Crippen molar-refractivity contribution in [3.05, 3.63) is 70.8 Å². The number of fused-ring (bicyclic) bond motifs is 2. The molecule has 1 atom stereocenters. The van der Waals surface area contributed by atoms with Gasteiger partial charge in [0.05, 0.1) is 6.10 Å². The Bertz CT molecular complexity index is 753. The molecule has 2 aliphatic heterocycles. The number of hydrogen-bond donors (Lipinski definition) is 1. The molecule has 0 spiro atoms. The van der Waals surface area contributed by atoms with Crippen LogP contribution in [0.25, 0.3) is 0 Å². The molecule has 0 amide bonds. The highest BCUT2D eigenvalue weighted by Gasteiger charge is 2.21. The van der Waals surface area contributed by atoms with Gasteiger partial charge in [0.2, 0.25) is 0 Å². The first-order valence-corrected chi connectivity index (χ1v) is 8.88. The fourth-order valence-corrected chi connectivity index (χ4v) is 3.89. The van der Waals surface area contributed by atoms with Crippen molar-refractivity contribution in [3.8, 4) is 0 Å². The molecule has 0 unspecified atom stereocenters. The van der Waals surface area contributed by atoms with Crippen molar-refractivity contribution in [1.82, 2.24) is 4.90 Å². The van der Waals surface area contributed by atoms with Crippen LogP contribution in [-0.2, 0) is 19.4 Å². The van der Waals surface area contributed by atoms with E-state index in [1.54, 1.807) is 0 Å². The predicted molar refractivity (Wildman–Crippen MR) is 97.6 cm³/mol. The fraction of sp³-hybridized carbons (Fsp3) is 0.381. The van der Waals surface area contributed by atoms with E-state index in [1.807, 2.05) is 0 Å². The summed E-state index contributed by atoms with van der Waals surface area (Å²) < 4.78 is 0. The van der Waals surface area contributed by atoms with E-state index in [0.29, 0.717) is 6.42 Å². The number of nitrogens with zero attached hydrogens (tertiary/aromatic N) is 2. The van der Waals surface area contributed by atoms with E-state index in [1.165, 1.54) is 22.3 Å². The van der Waals surface area contributed by atoms with Gasteiger partial charge in [-0.3, -0.25) is 9.89 Å². The SMILES string of the molecule is O[C@@H](CC1=NCCc2ccccc21)CN1CCc2ccccc2C1. The second-order valence-electron chi connectivity index (χ2n) is 6.85. The van der Waals surface area contributed by atoms with Crippen LogP contribution >= 0.6 is 0 Å². The van der Waals surface area contributed by atoms with Crippen molar-refractivity contribution in [2.24, 2.45) is 4.99 Å². The summed E-state index contributed by atoms with van der Waals surface area (Å²) >= 11 is 0. The Balaban J connectivity index is 1.39. The molecule has 0 aromatic heterocycles. The Morgan fingerprint density at radius 2 is 1.71 bits per heavy atom. The molecule has 24 heavy (non-hydrogen) atoms. The lowest BCUT2D eigenvalue weighted by Gasteiger charge is -2.30. The quantitative estimate of drug-likeness (QED) is 0.940. The van der Waals surface area contributed by atoms with Gasteiger partial charge in [0.1, 0.15) is 0 Å². The summed E-state index contributed by atoms with van der Waals surface area (Å²) in [6.07, 6.45) is 2.38. The molecule has 0 saturated carbocycles. The van der Waals surface area contributed by atoms with E-state index in [4.69, 9.17) is 0 Å². The standard InChI is InChI=1S/C21H24N2O/c24-19(13-21-20-8-4-3-6-17(20)9-11-22-21)15-23-12-10-16-5-1-2-7-18(16)14-23/h1-8,19,24H,9-15H2/t19-/m0/s1. The highest BCUT2D eigenvalue weighted by molar-refractivity contribution is 6.02. The monoisotopic (exact) mass is 320 g/mol. The van der Waals surface area contributed by atoms with E-state index < -0.39 is 0 Å². The van der Waals surface area contributed by atoms with Gasteiger partial charge >= 0.3 is 0 Å². The minimum Gasteiger partial charge on any atom is -0.391 e. The highest BCUT2D eigenvalue weighted by Crippen LogP contribution is 2.21. The van der Waals surface area contributed by atoms with Crippen molar-refractivity contribution in [2.45, 2.75) is 31.9 Å². The van der Waals surface area contributed by atoms with Crippen LogP contribution < -0.4 is 0 Å². The summed E-state index contributed by atoms with van der Waals surface area (Å²) in [4.78, 5) is 7.04. The van der Waals surface area contributed by atoms with Gasteiger partial charge in [-0.15, -0.1) is 0 Å². The lowest BCUT2D eigenvalue weighted by atomic mass is 9.94.